The smallest absolute Gasteiger partial charge is 0.338 e. The van der Waals surface area contributed by atoms with E-state index < -0.39 is 15.0 Å². The van der Waals surface area contributed by atoms with E-state index in [2.05, 4.69) is 15.9 Å². The number of carbonyl (C=O) groups is 1. The van der Waals surface area contributed by atoms with Crippen LogP contribution in [0, 0.1) is 6.92 Å². The Bertz CT molecular complexity index is 600. The standard InChI is InChI=1S/C12H14BrClO5S/c1-3-18-4-5-19-12(15)9-6-8(2)11(13)10(7-9)20(14,16)17/h6-7H,3-5H2,1-2H3. The molecule has 1 rings (SSSR count). The van der Waals surface area contributed by atoms with Gasteiger partial charge in [0.1, 0.15) is 6.61 Å². The van der Waals surface area contributed by atoms with Crippen LogP contribution in [-0.4, -0.2) is 34.2 Å². The van der Waals surface area contributed by atoms with E-state index in [1.807, 2.05) is 6.92 Å². The number of aryl methyl sites for hydroxylation is 1. The SMILES string of the molecule is CCOCCOC(=O)c1cc(C)c(Br)c(S(=O)(=O)Cl)c1. The van der Waals surface area contributed by atoms with Gasteiger partial charge in [0.2, 0.25) is 0 Å². The van der Waals surface area contributed by atoms with Crippen molar-refractivity contribution >= 4 is 41.6 Å². The van der Waals surface area contributed by atoms with Gasteiger partial charge in [0, 0.05) is 21.8 Å². The number of benzene rings is 1. The molecule has 0 heterocycles. The molecular formula is C12H14BrClO5S. The molecule has 0 aromatic heterocycles. The van der Waals surface area contributed by atoms with Crippen LogP contribution in [-0.2, 0) is 18.5 Å². The normalized spacial score (nSPS) is 11.4. The highest BCUT2D eigenvalue weighted by Gasteiger charge is 2.20. The number of rotatable bonds is 6. The van der Waals surface area contributed by atoms with Crippen molar-refractivity contribution in [1.82, 2.24) is 0 Å². The monoisotopic (exact) mass is 384 g/mol. The topological polar surface area (TPSA) is 69.7 Å². The van der Waals surface area contributed by atoms with E-state index in [4.69, 9.17) is 20.2 Å². The predicted octanol–water partition coefficient (Wildman–Crippen LogP) is 2.88. The second-order valence-electron chi connectivity index (χ2n) is 3.88. The second-order valence-corrected chi connectivity index (χ2v) is 7.20. The molecule has 0 atom stereocenters. The molecule has 0 aliphatic heterocycles. The van der Waals surface area contributed by atoms with Crippen LogP contribution >= 0.6 is 26.6 Å². The highest BCUT2D eigenvalue weighted by Crippen LogP contribution is 2.29. The van der Waals surface area contributed by atoms with Gasteiger partial charge in [-0.3, -0.25) is 0 Å². The molecule has 8 heteroatoms. The van der Waals surface area contributed by atoms with Crippen LogP contribution in [0.2, 0.25) is 0 Å². The van der Waals surface area contributed by atoms with Gasteiger partial charge in [-0.1, -0.05) is 0 Å². The van der Waals surface area contributed by atoms with Gasteiger partial charge >= 0.3 is 5.97 Å². The summed E-state index contributed by atoms with van der Waals surface area (Å²) >= 11 is 3.14. The summed E-state index contributed by atoms with van der Waals surface area (Å²) < 4.78 is 33.2. The molecule has 0 saturated heterocycles. The van der Waals surface area contributed by atoms with Gasteiger partial charge in [0.05, 0.1) is 17.1 Å². The third-order valence-electron chi connectivity index (χ3n) is 2.38. The molecule has 0 aliphatic rings. The van der Waals surface area contributed by atoms with Crippen LogP contribution in [0.3, 0.4) is 0 Å². The lowest BCUT2D eigenvalue weighted by atomic mass is 10.1. The van der Waals surface area contributed by atoms with Crippen LogP contribution in [0.25, 0.3) is 0 Å². The fourth-order valence-corrected chi connectivity index (χ4v) is 3.61. The van der Waals surface area contributed by atoms with Gasteiger partial charge in [-0.25, -0.2) is 13.2 Å². The van der Waals surface area contributed by atoms with Crippen molar-refractivity contribution in [3.8, 4) is 0 Å². The summed E-state index contributed by atoms with van der Waals surface area (Å²) in [6, 6.07) is 2.71. The van der Waals surface area contributed by atoms with Crippen molar-refractivity contribution < 1.29 is 22.7 Å². The van der Waals surface area contributed by atoms with Crippen LogP contribution in [0.5, 0.6) is 0 Å². The molecule has 1 aromatic rings. The first-order chi connectivity index (χ1) is 9.27. The molecule has 0 N–H and O–H groups in total. The third kappa shape index (κ3) is 4.73. The summed E-state index contributed by atoms with van der Waals surface area (Å²) in [6.45, 7) is 4.41. The Balaban J connectivity index is 2.97. The minimum atomic E-state index is -3.95. The second kappa shape index (κ2) is 7.40. The Morgan fingerprint density at radius 1 is 1.35 bits per heavy atom. The van der Waals surface area contributed by atoms with Crippen molar-refractivity contribution in [3.05, 3.63) is 27.7 Å². The number of carbonyl (C=O) groups excluding carboxylic acids is 1. The van der Waals surface area contributed by atoms with Gasteiger partial charge in [-0.2, -0.15) is 0 Å². The Hall–Kier alpha value is -0.630. The summed E-state index contributed by atoms with van der Waals surface area (Å²) in [7, 11) is 1.38. The first-order valence-electron chi connectivity index (χ1n) is 5.77. The highest BCUT2D eigenvalue weighted by atomic mass is 79.9. The van der Waals surface area contributed by atoms with Crippen LogP contribution < -0.4 is 0 Å². The van der Waals surface area contributed by atoms with Gasteiger partial charge in [0.25, 0.3) is 9.05 Å². The maximum Gasteiger partial charge on any atom is 0.338 e. The molecule has 112 valence electrons. The molecule has 0 spiro atoms. The number of esters is 1. The largest absolute Gasteiger partial charge is 0.460 e. The summed E-state index contributed by atoms with van der Waals surface area (Å²) in [6.07, 6.45) is 0. The molecular weight excluding hydrogens is 372 g/mol. The lowest BCUT2D eigenvalue weighted by molar-refractivity contribution is 0.0335. The molecule has 0 fully saturated rings. The third-order valence-corrected chi connectivity index (χ3v) is 5.05. The van der Waals surface area contributed by atoms with E-state index in [0.29, 0.717) is 23.2 Å². The molecule has 0 saturated carbocycles. The Morgan fingerprint density at radius 3 is 2.55 bits per heavy atom. The Labute approximate surface area is 130 Å². The zero-order valence-electron chi connectivity index (χ0n) is 11.0. The summed E-state index contributed by atoms with van der Waals surface area (Å²) in [5.41, 5.74) is 0.699. The average Bonchev–Trinajstić information content (AvgIpc) is 2.36. The average molecular weight is 386 g/mol. The number of ether oxygens (including phenoxy) is 2. The predicted molar refractivity (Wildman–Crippen MR) is 78.7 cm³/mol. The molecule has 5 nitrogen and oxygen atoms in total. The minimum absolute atomic E-state index is 0.102. The zero-order valence-corrected chi connectivity index (χ0v) is 14.1. The van der Waals surface area contributed by atoms with E-state index in [0.717, 1.165) is 0 Å². The van der Waals surface area contributed by atoms with Crippen LogP contribution in [0.1, 0.15) is 22.8 Å². The highest BCUT2D eigenvalue weighted by molar-refractivity contribution is 9.10. The maximum atomic E-state index is 11.8. The van der Waals surface area contributed by atoms with Crippen molar-refractivity contribution in [1.29, 1.82) is 0 Å². The fourth-order valence-electron chi connectivity index (χ4n) is 1.45. The first kappa shape index (κ1) is 17.4. The lowest BCUT2D eigenvalue weighted by Crippen LogP contribution is -2.12. The molecule has 1 aromatic carbocycles. The zero-order chi connectivity index (χ0) is 15.3. The first-order valence-corrected chi connectivity index (χ1v) is 8.87. The van der Waals surface area contributed by atoms with E-state index in [-0.39, 0.29) is 17.1 Å². The van der Waals surface area contributed by atoms with Crippen molar-refractivity contribution in [2.45, 2.75) is 18.7 Å². The number of hydrogen-bond acceptors (Lipinski definition) is 5. The Morgan fingerprint density at radius 2 is 2.00 bits per heavy atom. The van der Waals surface area contributed by atoms with Gasteiger partial charge in [-0.05, 0) is 47.5 Å². The maximum absolute atomic E-state index is 11.8. The summed E-state index contributed by atoms with van der Waals surface area (Å²) in [4.78, 5) is 11.7. The van der Waals surface area contributed by atoms with Gasteiger partial charge in [0.15, 0.2) is 0 Å². The van der Waals surface area contributed by atoms with E-state index in [9.17, 15) is 13.2 Å². The van der Waals surface area contributed by atoms with E-state index in [1.54, 1.807) is 6.92 Å². The van der Waals surface area contributed by atoms with Gasteiger partial charge in [-0.15, -0.1) is 0 Å². The van der Waals surface area contributed by atoms with Crippen molar-refractivity contribution in [2.75, 3.05) is 19.8 Å². The van der Waals surface area contributed by atoms with Crippen molar-refractivity contribution in [2.24, 2.45) is 0 Å². The Kier molecular flexibility index (Phi) is 6.44. The van der Waals surface area contributed by atoms with E-state index in [1.165, 1.54) is 12.1 Å². The van der Waals surface area contributed by atoms with Crippen LogP contribution in [0.4, 0.5) is 0 Å². The van der Waals surface area contributed by atoms with E-state index >= 15 is 0 Å². The minimum Gasteiger partial charge on any atom is -0.460 e. The number of hydrogen-bond donors (Lipinski definition) is 0. The summed E-state index contributed by atoms with van der Waals surface area (Å²) in [5, 5.41) is 0. The van der Waals surface area contributed by atoms with Crippen molar-refractivity contribution in [3.63, 3.8) is 0 Å². The van der Waals surface area contributed by atoms with Crippen LogP contribution in [0.15, 0.2) is 21.5 Å². The molecule has 20 heavy (non-hydrogen) atoms. The molecule has 0 aliphatic carbocycles. The molecule has 0 radical (unpaired) electrons. The van der Waals surface area contributed by atoms with Gasteiger partial charge < -0.3 is 9.47 Å². The number of halogens is 2. The quantitative estimate of drug-likeness (QED) is 0.428. The molecule has 0 bridgehead atoms. The molecule has 0 amide bonds. The lowest BCUT2D eigenvalue weighted by Gasteiger charge is -2.09. The molecule has 0 unspecified atom stereocenters. The summed E-state index contributed by atoms with van der Waals surface area (Å²) in [5.74, 6) is -0.623. The fraction of sp³-hybridized carbons (Fsp3) is 0.417.